The Morgan fingerprint density at radius 3 is 2.47 bits per heavy atom. The molecule has 0 spiro atoms. The second kappa shape index (κ2) is 7.23. The van der Waals surface area contributed by atoms with Gasteiger partial charge in [0.25, 0.3) is 0 Å². The van der Waals surface area contributed by atoms with Crippen molar-refractivity contribution in [2.75, 3.05) is 27.2 Å². The van der Waals surface area contributed by atoms with Crippen molar-refractivity contribution in [3.05, 3.63) is 0 Å². The van der Waals surface area contributed by atoms with Gasteiger partial charge >= 0.3 is 5.97 Å². The van der Waals surface area contributed by atoms with E-state index in [1.165, 1.54) is 7.11 Å². The van der Waals surface area contributed by atoms with E-state index in [0.29, 0.717) is 13.0 Å². The van der Waals surface area contributed by atoms with E-state index in [2.05, 4.69) is 10.1 Å². The van der Waals surface area contributed by atoms with E-state index in [4.69, 9.17) is 0 Å². The first kappa shape index (κ1) is 13.9. The van der Waals surface area contributed by atoms with Crippen LogP contribution in [0.1, 0.15) is 20.3 Å². The summed E-state index contributed by atoms with van der Waals surface area (Å²) in [6.07, 6.45) is 0.311. The Morgan fingerprint density at radius 1 is 1.47 bits per heavy atom. The molecule has 0 aromatic carbocycles. The van der Waals surface area contributed by atoms with Gasteiger partial charge in [0.1, 0.15) is 0 Å². The van der Waals surface area contributed by atoms with Crippen LogP contribution in [0, 0.1) is 0 Å². The lowest BCUT2D eigenvalue weighted by Crippen LogP contribution is -2.44. The maximum atomic E-state index is 11.4. The molecule has 5 heteroatoms. The SMILES string of the molecule is CCN(CCC(=O)OC)C(C)C(=O)NC. The van der Waals surface area contributed by atoms with Crippen molar-refractivity contribution >= 4 is 11.9 Å². The summed E-state index contributed by atoms with van der Waals surface area (Å²) in [7, 11) is 2.97. The predicted octanol–water partition coefficient (Wildman–Crippen LogP) is 0.00590. The molecule has 1 N–H and O–H groups in total. The molecule has 0 saturated heterocycles. The van der Waals surface area contributed by atoms with Gasteiger partial charge in [-0.05, 0) is 13.5 Å². The minimum Gasteiger partial charge on any atom is -0.469 e. The number of rotatable bonds is 6. The van der Waals surface area contributed by atoms with Crippen LogP contribution < -0.4 is 5.32 Å². The Morgan fingerprint density at radius 2 is 2.07 bits per heavy atom. The van der Waals surface area contributed by atoms with Gasteiger partial charge in [0, 0.05) is 13.6 Å². The van der Waals surface area contributed by atoms with Gasteiger partial charge in [-0.2, -0.15) is 0 Å². The van der Waals surface area contributed by atoms with Gasteiger partial charge in [-0.15, -0.1) is 0 Å². The minimum absolute atomic E-state index is 0.0401. The molecule has 0 aliphatic heterocycles. The molecular weight excluding hydrogens is 196 g/mol. The number of likely N-dealkylation sites (N-methyl/N-ethyl adjacent to an activating group) is 2. The second-order valence-electron chi connectivity index (χ2n) is 3.24. The topological polar surface area (TPSA) is 58.6 Å². The van der Waals surface area contributed by atoms with E-state index in [1.54, 1.807) is 7.05 Å². The molecular formula is C10H20N2O3. The summed E-state index contributed by atoms with van der Waals surface area (Å²) in [4.78, 5) is 24.2. The highest BCUT2D eigenvalue weighted by atomic mass is 16.5. The molecule has 0 radical (unpaired) electrons. The number of methoxy groups -OCH3 is 1. The first-order valence-corrected chi connectivity index (χ1v) is 5.09. The monoisotopic (exact) mass is 216 g/mol. The molecule has 0 heterocycles. The fraction of sp³-hybridized carbons (Fsp3) is 0.800. The van der Waals surface area contributed by atoms with Crippen molar-refractivity contribution in [3.63, 3.8) is 0 Å². The van der Waals surface area contributed by atoms with Gasteiger partial charge in [-0.3, -0.25) is 14.5 Å². The summed E-state index contributed by atoms with van der Waals surface area (Å²) in [6.45, 7) is 5.04. The Hall–Kier alpha value is -1.10. The number of amides is 1. The number of hydrogen-bond acceptors (Lipinski definition) is 4. The van der Waals surface area contributed by atoms with Crippen LogP contribution in [0.4, 0.5) is 0 Å². The normalized spacial score (nSPS) is 12.3. The third-order valence-electron chi connectivity index (χ3n) is 2.41. The van der Waals surface area contributed by atoms with Crippen LogP contribution in [0.5, 0.6) is 0 Å². The molecule has 15 heavy (non-hydrogen) atoms. The van der Waals surface area contributed by atoms with Crippen LogP contribution in [0.2, 0.25) is 0 Å². The lowest BCUT2D eigenvalue weighted by Gasteiger charge is -2.25. The van der Waals surface area contributed by atoms with E-state index < -0.39 is 0 Å². The molecule has 0 aromatic rings. The van der Waals surface area contributed by atoms with Crippen molar-refractivity contribution < 1.29 is 14.3 Å². The molecule has 0 bridgehead atoms. The maximum absolute atomic E-state index is 11.4. The summed E-state index contributed by atoms with van der Waals surface area (Å²) in [5.41, 5.74) is 0. The number of hydrogen-bond donors (Lipinski definition) is 1. The van der Waals surface area contributed by atoms with Crippen molar-refractivity contribution in [2.24, 2.45) is 0 Å². The zero-order valence-corrected chi connectivity index (χ0v) is 9.87. The molecule has 5 nitrogen and oxygen atoms in total. The summed E-state index contributed by atoms with van der Waals surface area (Å²) in [6, 6.07) is -0.218. The fourth-order valence-corrected chi connectivity index (χ4v) is 1.34. The minimum atomic E-state index is -0.252. The van der Waals surface area contributed by atoms with Crippen LogP contribution in [0.3, 0.4) is 0 Å². The van der Waals surface area contributed by atoms with Gasteiger partial charge in [-0.25, -0.2) is 0 Å². The molecule has 1 atom stereocenters. The third-order valence-corrected chi connectivity index (χ3v) is 2.41. The fourth-order valence-electron chi connectivity index (χ4n) is 1.34. The summed E-state index contributed by atoms with van der Waals surface area (Å²) in [5, 5.41) is 2.58. The van der Waals surface area contributed by atoms with Crippen LogP contribution in [0.25, 0.3) is 0 Å². The summed E-state index contributed by atoms with van der Waals surface area (Å²) >= 11 is 0. The lowest BCUT2D eigenvalue weighted by molar-refractivity contribution is -0.141. The molecule has 0 rings (SSSR count). The van der Waals surface area contributed by atoms with Crippen molar-refractivity contribution in [3.8, 4) is 0 Å². The standard InChI is InChI=1S/C10H20N2O3/c1-5-12(7-6-9(13)15-4)8(2)10(14)11-3/h8H,5-7H2,1-4H3,(H,11,14). The smallest absolute Gasteiger partial charge is 0.306 e. The summed E-state index contributed by atoms with van der Waals surface area (Å²) < 4.78 is 4.55. The molecule has 88 valence electrons. The van der Waals surface area contributed by atoms with Crippen molar-refractivity contribution in [1.29, 1.82) is 0 Å². The zero-order valence-electron chi connectivity index (χ0n) is 9.87. The number of carbonyl (C=O) groups excluding carboxylic acids is 2. The molecule has 0 aromatic heterocycles. The Labute approximate surface area is 90.8 Å². The highest BCUT2D eigenvalue weighted by Crippen LogP contribution is 2.01. The van der Waals surface area contributed by atoms with Crippen LogP contribution in [-0.4, -0.2) is 50.1 Å². The third kappa shape index (κ3) is 4.78. The molecule has 1 unspecified atom stereocenters. The quantitative estimate of drug-likeness (QED) is 0.635. The molecule has 1 amide bonds. The van der Waals surface area contributed by atoms with Gasteiger partial charge in [0.15, 0.2) is 0 Å². The van der Waals surface area contributed by atoms with E-state index in [-0.39, 0.29) is 17.9 Å². The average Bonchev–Trinajstić information content (AvgIpc) is 2.27. The Kier molecular flexibility index (Phi) is 6.70. The van der Waals surface area contributed by atoms with Gasteiger partial charge in [-0.1, -0.05) is 6.92 Å². The number of nitrogens with one attached hydrogen (secondary N) is 1. The van der Waals surface area contributed by atoms with Gasteiger partial charge in [0.2, 0.25) is 5.91 Å². The molecule has 0 aliphatic carbocycles. The number of nitrogens with zero attached hydrogens (tertiary/aromatic N) is 1. The van der Waals surface area contributed by atoms with E-state index in [0.717, 1.165) is 6.54 Å². The summed E-state index contributed by atoms with van der Waals surface area (Å²) in [5.74, 6) is -0.292. The van der Waals surface area contributed by atoms with Crippen LogP contribution >= 0.6 is 0 Å². The maximum Gasteiger partial charge on any atom is 0.306 e. The van der Waals surface area contributed by atoms with Crippen molar-refractivity contribution in [1.82, 2.24) is 10.2 Å². The second-order valence-corrected chi connectivity index (χ2v) is 3.24. The Bertz CT molecular complexity index is 219. The Balaban J connectivity index is 4.12. The number of carbonyl (C=O) groups is 2. The van der Waals surface area contributed by atoms with Gasteiger partial charge < -0.3 is 10.1 Å². The van der Waals surface area contributed by atoms with E-state index >= 15 is 0 Å². The van der Waals surface area contributed by atoms with E-state index in [1.807, 2.05) is 18.7 Å². The number of esters is 1. The lowest BCUT2D eigenvalue weighted by atomic mass is 10.2. The average molecular weight is 216 g/mol. The highest BCUT2D eigenvalue weighted by molar-refractivity contribution is 5.81. The van der Waals surface area contributed by atoms with Crippen LogP contribution in [0.15, 0.2) is 0 Å². The van der Waals surface area contributed by atoms with E-state index in [9.17, 15) is 9.59 Å². The zero-order chi connectivity index (χ0) is 11.8. The molecule has 0 saturated carbocycles. The first-order valence-electron chi connectivity index (χ1n) is 5.09. The van der Waals surface area contributed by atoms with Crippen molar-refractivity contribution in [2.45, 2.75) is 26.3 Å². The number of ether oxygens (including phenoxy) is 1. The largest absolute Gasteiger partial charge is 0.469 e. The highest BCUT2D eigenvalue weighted by Gasteiger charge is 2.19. The van der Waals surface area contributed by atoms with Crippen LogP contribution in [-0.2, 0) is 14.3 Å². The van der Waals surface area contributed by atoms with Gasteiger partial charge in [0.05, 0.1) is 19.6 Å². The first-order chi connectivity index (χ1) is 7.06. The molecule has 0 aliphatic rings. The molecule has 0 fully saturated rings. The predicted molar refractivity (Wildman–Crippen MR) is 57.4 cm³/mol.